The average molecular weight is 493 g/mol. The fraction of sp³-hybridized carbons (Fsp3) is 0.320. The Morgan fingerprint density at radius 2 is 2.00 bits per heavy atom. The van der Waals surface area contributed by atoms with E-state index in [0.717, 1.165) is 25.2 Å². The topological polar surface area (TPSA) is 101 Å². The molecule has 35 heavy (non-hydrogen) atoms. The second-order valence-electron chi connectivity index (χ2n) is 8.71. The van der Waals surface area contributed by atoms with Gasteiger partial charge in [-0.3, -0.25) is 19.6 Å². The van der Waals surface area contributed by atoms with E-state index in [9.17, 15) is 9.59 Å². The Morgan fingerprint density at radius 3 is 2.69 bits per heavy atom. The van der Waals surface area contributed by atoms with Crippen molar-refractivity contribution < 1.29 is 14.3 Å². The molecule has 5 rings (SSSR count). The van der Waals surface area contributed by atoms with Gasteiger partial charge in [-0.15, -0.1) is 0 Å². The molecule has 3 aromatic rings. The van der Waals surface area contributed by atoms with Crippen LogP contribution in [0.2, 0.25) is 5.02 Å². The number of hydrogen-bond donors (Lipinski definition) is 1. The zero-order valence-electron chi connectivity index (χ0n) is 19.8. The van der Waals surface area contributed by atoms with Crippen molar-refractivity contribution in [2.45, 2.75) is 26.3 Å². The van der Waals surface area contributed by atoms with Gasteiger partial charge in [0.25, 0.3) is 11.8 Å². The molecule has 1 fully saturated rings. The van der Waals surface area contributed by atoms with Gasteiger partial charge in [0.2, 0.25) is 0 Å². The van der Waals surface area contributed by atoms with Crippen molar-refractivity contribution >= 4 is 34.8 Å². The lowest BCUT2D eigenvalue weighted by Crippen LogP contribution is -2.42. The van der Waals surface area contributed by atoms with Crippen LogP contribution in [-0.2, 0) is 13.0 Å². The number of fused-ring (bicyclic) bond motifs is 1. The largest absolute Gasteiger partial charge is 0.493 e. The number of para-hydroxylation sites is 1. The lowest BCUT2D eigenvalue weighted by Gasteiger charge is -2.30. The van der Waals surface area contributed by atoms with Crippen LogP contribution < -0.4 is 10.1 Å². The normalized spacial score (nSPS) is 14.6. The highest BCUT2D eigenvalue weighted by atomic mass is 35.5. The van der Waals surface area contributed by atoms with E-state index < -0.39 is 0 Å². The molecule has 0 spiro atoms. The van der Waals surface area contributed by atoms with Gasteiger partial charge in [0.1, 0.15) is 5.69 Å². The second-order valence-corrected chi connectivity index (χ2v) is 9.11. The summed E-state index contributed by atoms with van der Waals surface area (Å²) >= 11 is 6.29. The van der Waals surface area contributed by atoms with E-state index in [1.165, 1.54) is 0 Å². The summed E-state index contributed by atoms with van der Waals surface area (Å²) in [4.78, 5) is 42.6. The summed E-state index contributed by atoms with van der Waals surface area (Å²) in [5.74, 6) is 0.308. The predicted octanol–water partition coefficient (Wildman–Crippen LogP) is 3.61. The highest BCUT2D eigenvalue weighted by molar-refractivity contribution is 6.32. The highest BCUT2D eigenvalue weighted by Crippen LogP contribution is 2.37. The van der Waals surface area contributed by atoms with Gasteiger partial charge in [-0.2, -0.15) is 0 Å². The molecule has 1 saturated heterocycles. The summed E-state index contributed by atoms with van der Waals surface area (Å²) in [6.07, 6.45) is 3.05. The van der Waals surface area contributed by atoms with E-state index in [-0.39, 0.29) is 11.8 Å². The second kappa shape index (κ2) is 9.14. The maximum atomic E-state index is 12.9. The van der Waals surface area contributed by atoms with E-state index in [2.05, 4.69) is 15.3 Å². The molecule has 2 aromatic heterocycles. The smallest absolute Gasteiger partial charge is 0.274 e. The highest BCUT2D eigenvalue weighted by Gasteiger charge is 2.30. The molecule has 0 atom stereocenters. The number of aryl methyl sites for hydroxylation is 1. The van der Waals surface area contributed by atoms with Crippen LogP contribution in [-0.4, -0.2) is 63.8 Å². The molecule has 2 amide bonds. The molecule has 10 heteroatoms. The Labute approximate surface area is 208 Å². The summed E-state index contributed by atoms with van der Waals surface area (Å²) in [5, 5.41) is 3.78. The molecular weight excluding hydrogens is 468 g/mol. The first-order valence-corrected chi connectivity index (χ1v) is 11.7. The predicted molar refractivity (Wildman–Crippen MR) is 131 cm³/mol. The van der Waals surface area contributed by atoms with Gasteiger partial charge in [0.05, 0.1) is 52.7 Å². The first kappa shape index (κ1) is 23.0. The quantitative estimate of drug-likeness (QED) is 0.561. The average Bonchev–Trinajstić information content (AvgIpc) is 3.06. The number of benzene rings is 1. The monoisotopic (exact) mass is 492 g/mol. The maximum absolute atomic E-state index is 12.9. The van der Waals surface area contributed by atoms with Crippen LogP contribution in [0.25, 0.3) is 0 Å². The number of hydrogen-bond acceptors (Lipinski definition) is 7. The molecule has 0 aliphatic carbocycles. The maximum Gasteiger partial charge on any atom is 0.274 e. The van der Waals surface area contributed by atoms with Gasteiger partial charge >= 0.3 is 0 Å². The molecule has 180 valence electrons. The molecule has 0 unspecified atom stereocenters. The molecule has 2 aliphatic heterocycles. The third-order valence-corrected chi connectivity index (χ3v) is 6.54. The van der Waals surface area contributed by atoms with Crippen LogP contribution in [0.4, 0.5) is 11.4 Å². The number of aromatic nitrogens is 3. The molecular formula is C25H25ClN6O3. The number of anilines is 2. The lowest BCUT2D eigenvalue weighted by molar-refractivity contribution is 0.0644. The van der Waals surface area contributed by atoms with Crippen molar-refractivity contribution in [1.82, 2.24) is 24.8 Å². The Morgan fingerprint density at radius 1 is 1.20 bits per heavy atom. The number of carbonyl (C=O) groups excluding carboxylic acids is 2. The number of rotatable bonds is 6. The van der Waals surface area contributed by atoms with Crippen LogP contribution >= 0.6 is 11.6 Å². The summed E-state index contributed by atoms with van der Waals surface area (Å²) < 4.78 is 5.46. The van der Waals surface area contributed by atoms with Crippen molar-refractivity contribution in [3.63, 3.8) is 0 Å². The zero-order chi connectivity index (χ0) is 24.7. The van der Waals surface area contributed by atoms with Gasteiger partial charge in [0.15, 0.2) is 5.75 Å². The van der Waals surface area contributed by atoms with Gasteiger partial charge in [-0.1, -0.05) is 17.7 Å². The Hall–Kier alpha value is -3.72. The molecule has 9 nitrogen and oxygen atoms in total. The van der Waals surface area contributed by atoms with Crippen molar-refractivity contribution in [2.24, 2.45) is 0 Å². The standard InChI is InChI=1S/C25H25ClN6O3/c1-14-22(25(34)32-8-5-9-32)27-12-16(28-14)10-15-11-19(21-20(29-15)13-31(2)24(21)33)30-18-7-4-6-17(26)23(18)35-3/h4,6-7,11-12H,5,8-10,13H2,1-3H3,(H,29,30). The first-order valence-electron chi connectivity index (χ1n) is 11.3. The van der Waals surface area contributed by atoms with Crippen molar-refractivity contribution in [2.75, 3.05) is 32.6 Å². The van der Waals surface area contributed by atoms with Crippen LogP contribution in [0, 0.1) is 6.92 Å². The minimum absolute atomic E-state index is 0.0769. The van der Waals surface area contributed by atoms with Crippen LogP contribution in [0.15, 0.2) is 30.5 Å². The lowest BCUT2D eigenvalue weighted by atomic mass is 10.1. The number of nitrogens with zero attached hydrogens (tertiary/aromatic N) is 5. The summed E-state index contributed by atoms with van der Waals surface area (Å²) in [7, 11) is 3.29. The first-order chi connectivity index (χ1) is 16.9. The van der Waals surface area contributed by atoms with Gasteiger partial charge in [0, 0.05) is 38.4 Å². The fourth-order valence-corrected chi connectivity index (χ4v) is 4.58. The van der Waals surface area contributed by atoms with Crippen LogP contribution in [0.3, 0.4) is 0 Å². The number of methoxy groups -OCH3 is 1. The van der Waals surface area contributed by atoms with Gasteiger partial charge in [-0.25, -0.2) is 4.98 Å². The van der Waals surface area contributed by atoms with Crippen molar-refractivity contribution in [3.05, 3.63) is 69.5 Å². The number of amides is 2. The molecule has 2 aliphatic rings. The molecule has 1 aromatic carbocycles. The van der Waals surface area contributed by atoms with Gasteiger partial charge < -0.3 is 19.9 Å². The summed E-state index contributed by atoms with van der Waals surface area (Å²) in [6.45, 7) is 3.74. The minimum atomic E-state index is -0.105. The van der Waals surface area contributed by atoms with Crippen LogP contribution in [0.1, 0.15) is 50.0 Å². The third-order valence-electron chi connectivity index (χ3n) is 6.24. The van der Waals surface area contributed by atoms with E-state index in [4.69, 9.17) is 21.3 Å². The molecule has 0 saturated carbocycles. The fourth-order valence-electron chi connectivity index (χ4n) is 4.32. The molecule has 4 heterocycles. The number of halogens is 1. The summed E-state index contributed by atoms with van der Waals surface area (Å²) in [5.41, 5.74) is 4.88. The SMILES string of the molecule is COc1c(Cl)cccc1Nc1cc(Cc2cnc(C(=O)N3CCC3)c(C)n2)nc2c1C(=O)N(C)C2. The number of carbonyl (C=O) groups is 2. The number of likely N-dealkylation sites (tertiary alicyclic amines) is 1. The van der Waals surface area contributed by atoms with Crippen LogP contribution in [0.5, 0.6) is 5.75 Å². The molecule has 0 radical (unpaired) electrons. The molecule has 0 bridgehead atoms. The van der Waals surface area contributed by atoms with E-state index in [1.54, 1.807) is 43.1 Å². The third kappa shape index (κ3) is 4.27. The van der Waals surface area contributed by atoms with E-state index >= 15 is 0 Å². The van der Waals surface area contributed by atoms with Gasteiger partial charge in [-0.05, 0) is 31.5 Å². The number of pyridine rings is 1. The zero-order valence-corrected chi connectivity index (χ0v) is 20.5. The van der Waals surface area contributed by atoms with E-state index in [0.29, 0.717) is 63.5 Å². The van der Waals surface area contributed by atoms with Crippen molar-refractivity contribution in [1.29, 1.82) is 0 Å². The Bertz CT molecular complexity index is 1340. The number of ether oxygens (including phenoxy) is 1. The molecule has 1 N–H and O–H groups in total. The Kier molecular flexibility index (Phi) is 6.02. The van der Waals surface area contributed by atoms with E-state index in [1.807, 2.05) is 18.2 Å². The summed E-state index contributed by atoms with van der Waals surface area (Å²) in [6, 6.07) is 7.23. The Balaban J connectivity index is 1.47. The van der Waals surface area contributed by atoms with Crippen molar-refractivity contribution in [3.8, 4) is 5.75 Å². The number of nitrogens with one attached hydrogen (secondary N) is 1. The minimum Gasteiger partial charge on any atom is -0.493 e.